The van der Waals surface area contributed by atoms with Gasteiger partial charge < -0.3 is 9.97 Å². The molecule has 0 aliphatic heterocycles. The van der Waals surface area contributed by atoms with Crippen LogP contribution in [0.25, 0.3) is 0 Å². The minimum Gasteiger partial charge on any atom is -0.301 e. The third-order valence-corrected chi connectivity index (χ3v) is 8.14. The Morgan fingerprint density at radius 3 is 1.65 bits per heavy atom. The quantitative estimate of drug-likeness (QED) is 0.129. The fraction of sp³-hybridized carbons (Fsp3) is 0.174. The molecule has 0 radical (unpaired) electrons. The van der Waals surface area contributed by atoms with Crippen LogP contribution in [0.3, 0.4) is 0 Å². The number of hydrogen-bond acceptors (Lipinski definition) is 7. The van der Waals surface area contributed by atoms with Gasteiger partial charge in [-0.25, -0.2) is 9.97 Å². The Kier molecular flexibility index (Phi) is 11.2. The van der Waals surface area contributed by atoms with E-state index >= 15 is 0 Å². The highest BCUT2D eigenvalue weighted by Crippen LogP contribution is 2.35. The third kappa shape index (κ3) is 8.92. The molecule has 14 heteroatoms. The highest BCUT2D eigenvalue weighted by Gasteiger charge is 2.11. The van der Waals surface area contributed by atoms with Crippen LogP contribution in [0.4, 0.5) is 0 Å². The van der Waals surface area contributed by atoms with E-state index in [4.69, 9.17) is 58.0 Å². The normalized spacial score (nSPS) is 10.7. The van der Waals surface area contributed by atoms with E-state index in [0.29, 0.717) is 58.3 Å². The summed E-state index contributed by atoms with van der Waals surface area (Å²) < 4.78 is 0. The molecule has 2 N–H and O–H groups in total. The lowest BCUT2D eigenvalue weighted by Gasteiger charge is -2.08. The van der Waals surface area contributed by atoms with Crippen molar-refractivity contribution in [3.63, 3.8) is 0 Å². The Hall–Kier alpha value is -1.72. The first kappa shape index (κ1) is 29.8. The van der Waals surface area contributed by atoms with Crippen molar-refractivity contribution in [2.75, 3.05) is 0 Å². The van der Waals surface area contributed by atoms with Gasteiger partial charge in [-0.2, -0.15) is 0 Å². The summed E-state index contributed by atoms with van der Waals surface area (Å²) in [4.78, 5) is 40.2. The van der Waals surface area contributed by atoms with Gasteiger partial charge in [-0.05, 0) is 26.0 Å². The van der Waals surface area contributed by atoms with E-state index in [9.17, 15) is 9.59 Å². The topological polar surface area (TPSA) is 104 Å². The molecule has 0 spiro atoms. The molecular formula is C23H18Cl5N5O2S2. The Bertz CT molecular complexity index is 1510. The van der Waals surface area contributed by atoms with E-state index in [1.807, 2.05) is 0 Å². The number of thioether (sulfide) groups is 2. The van der Waals surface area contributed by atoms with Crippen LogP contribution in [0, 0.1) is 13.8 Å². The average molecular weight is 638 g/mol. The van der Waals surface area contributed by atoms with E-state index in [1.54, 1.807) is 26.0 Å². The Labute approximate surface area is 245 Å². The standard InChI is InChI=1S/C12H9Cl3N2OS.C11H9Cl2N3OS/c1-6-4-10(18)17-12(16-6)19-5-7-8(13)2-3-9(14)11(7)15;1-6-2-10(17)16-11(15-6)18-5-7-8(12)3-14-4-9(7)13/h2-4H,5H2,1H3,(H,16,17,18);2-4H,5H2,1H3,(H,15,16,17). The maximum atomic E-state index is 11.3. The van der Waals surface area contributed by atoms with Crippen LogP contribution >= 0.6 is 81.5 Å². The third-order valence-electron chi connectivity index (χ3n) is 4.49. The first-order valence-corrected chi connectivity index (χ1v) is 14.2. The van der Waals surface area contributed by atoms with Crippen molar-refractivity contribution >= 4 is 81.5 Å². The molecule has 0 amide bonds. The molecule has 1 aromatic carbocycles. The number of aromatic nitrogens is 5. The summed E-state index contributed by atoms with van der Waals surface area (Å²) >= 11 is 32.9. The van der Waals surface area contributed by atoms with Crippen molar-refractivity contribution in [2.45, 2.75) is 35.7 Å². The number of rotatable bonds is 6. The molecule has 0 fully saturated rings. The number of aromatic amines is 2. The number of nitrogens with zero attached hydrogens (tertiary/aromatic N) is 3. The number of hydrogen-bond donors (Lipinski definition) is 2. The van der Waals surface area contributed by atoms with Gasteiger partial charge in [0.05, 0.1) is 20.1 Å². The number of nitrogens with one attached hydrogen (secondary N) is 2. The largest absolute Gasteiger partial charge is 0.301 e. The fourth-order valence-corrected chi connectivity index (χ4v) is 6.23. The van der Waals surface area contributed by atoms with Gasteiger partial charge in [-0.3, -0.25) is 14.6 Å². The van der Waals surface area contributed by atoms with Crippen LogP contribution in [0.15, 0.2) is 56.6 Å². The first-order chi connectivity index (χ1) is 17.5. The fourth-order valence-electron chi connectivity index (χ4n) is 2.80. The highest BCUT2D eigenvalue weighted by atomic mass is 35.5. The van der Waals surface area contributed by atoms with E-state index in [0.717, 1.165) is 11.1 Å². The number of aryl methyl sites for hydroxylation is 2. The van der Waals surface area contributed by atoms with Gasteiger partial charge in [0.1, 0.15) is 0 Å². The first-order valence-electron chi connectivity index (χ1n) is 10.3. The summed E-state index contributed by atoms with van der Waals surface area (Å²) in [5.41, 5.74) is 2.49. The lowest BCUT2D eigenvalue weighted by Crippen LogP contribution is -2.08. The van der Waals surface area contributed by atoms with Gasteiger partial charge in [0.15, 0.2) is 10.3 Å². The van der Waals surface area contributed by atoms with Crippen LogP contribution in [0.2, 0.25) is 25.1 Å². The molecule has 4 rings (SSSR count). The van der Waals surface area contributed by atoms with Crippen LogP contribution in [-0.4, -0.2) is 24.9 Å². The molecule has 4 aromatic rings. The second-order valence-electron chi connectivity index (χ2n) is 7.36. The lowest BCUT2D eigenvalue weighted by molar-refractivity contribution is 0.905. The average Bonchev–Trinajstić information content (AvgIpc) is 2.80. The molecule has 0 atom stereocenters. The minimum atomic E-state index is -0.182. The molecule has 3 heterocycles. The predicted octanol–water partition coefficient (Wildman–Crippen LogP) is 7.40. The van der Waals surface area contributed by atoms with E-state index in [2.05, 4.69) is 24.9 Å². The van der Waals surface area contributed by atoms with E-state index < -0.39 is 0 Å². The van der Waals surface area contributed by atoms with Crippen molar-refractivity contribution < 1.29 is 0 Å². The van der Waals surface area contributed by atoms with Crippen molar-refractivity contribution in [3.8, 4) is 0 Å². The zero-order chi connectivity index (χ0) is 27.1. The molecule has 0 aliphatic carbocycles. The molecule has 0 bridgehead atoms. The molecule has 0 unspecified atom stereocenters. The molecule has 0 saturated carbocycles. The predicted molar refractivity (Wildman–Crippen MR) is 154 cm³/mol. The molecule has 0 aliphatic rings. The molecule has 7 nitrogen and oxygen atoms in total. The van der Waals surface area contributed by atoms with E-state index in [1.165, 1.54) is 48.1 Å². The Balaban J connectivity index is 0.000000206. The van der Waals surface area contributed by atoms with E-state index in [-0.39, 0.29) is 11.1 Å². The number of benzene rings is 1. The number of halogens is 5. The second-order valence-corrected chi connectivity index (χ2v) is 11.3. The lowest BCUT2D eigenvalue weighted by atomic mass is 10.2. The smallest absolute Gasteiger partial charge is 0.251 e. The van der Waals surface area contributed by atoms with Gasteiger partial charge in [-0.1, -0.05) is 81.5 Å². The van der Waals surface area contributed by atoms with Gasteiger partial charge in [0, 0.05) is 63.6 Å². The second kappa shape index (κ2) is 13.9. The molecule has 194 valence electrons. The van der Waals surface area contributed by atoms with Crippen LogP contribution < -0.4 is 11.1 Å². The molecule has 3 aromatic heterocycles. The van der Waals surface area contributed by atoms with Gasteiger partial charge in [0.2, 0.25) is 0 Å². The summed E-state index contributed by atoms with van der Waals surface area (Å²) in [5, 5.41) is 3.50. The van der Waals surface area contributed by atoms with Crippen LogP contribution in [0.1, 0.15) is 22.5 Å². The van der Waals surface area contributed by atoms with Gasteiger partial charge >= 0.3 is 0 Å². The van der Waals surface area contributed by atoms with Crippen LogP contribution in [-0.2, 0) is 11.5 Å². The molecule has 0 saturated heterocycles. The Morgan fingerprint density at radius 2 is 1.16 bits per heavy atom. The summed E-state index contributed by atoms with van der Waals surface area (Å²) in [7, 11) is 0. The zero-order valence-electron chi connectivity index (χ0n) is 19.2. The zero-order valence-corrected chi connectivity index (χ0v) is 24.7. The minimum absolute atomic E-state index is 0.170. The maximum Gasteiger partial charge on any atom is 0.251 e. The van der Waals surface area contributed by atoms with Gasteiger partial charge in [0.25, 0.3) is 11.1 Å². The van der Waals surface area contributed by atoms with Crippen molar-refractivity contribution in [2.24, 2.45) is 0 Å². The summed E-state index contributed by atoms with van der Waals surface area (Å²) in [5.74, 6) is 0.997. The highest BCUT2D eigenvalue weighted by molar-refractivity contribution is 7.98. The maximum absolute atomic E-state index is 11.3. The van der Waals surface area contributed by atoms with Crippen molar-refractivity contribution in [1.82, 2.24) is 24.9 Å². The molecule has 37 heavy (non-hydrogen) atoms. The summed E-state index contributed by atoms with van der Waals surface area (Å²) in [6.07, 6.45) is 3.07. The number of H-pyrrole nitrogens is 2. The SMILES string of the molecule is Cc1cc(=O)[nH]c(SCc2c(Cl)ccc(Cl)c2Cl)n1.Cc1cc(=O)[nH]c(SCc2c(Cl)cncc2Cl)n1. The number of pyridine rings is 1. The monoisotopic (exact) mass is 635 g/mol. The van der Waals surface area contributed by atoms with Gasteiger partial charge in [-0.15, -0.1) is 0 Å². The molecular weight excluding hydrogens is 620 g/mol. The summed E-state index contributed by atoms with van der Waals surface area (Å²) in [6.45, 7) is 3.53. The Morgan fingerprint density at radius 1 is 0.703 bits per heavy atom. The summed E-state index contributed by atoms with van der Waals surface area (Å²) in [6, 6.07) is 6.21. The van der Waals surface area contributed by atoms with Crippen molar-refractivity contribution in [1.29, 1.82) is 0 Å². The van der Waals surface area contributed by atoms with Crippen LogP contribution in [0.5, 0.6) is 0 Å². The van der Waals surface area contributed by atoms with Crippen molar-refractivity contribution in [3.05, 3.63) is 105 Å².